The highest BCUT2D eigenvalue weighted by atomic mass is 16.7. The van der Waals surface area contributed by atoms with Gasteiger partial charge in [-0.2, -0.15) is 0 Å². The van der Waals surface area contributed by atoms with Crippen molar-refractivity contribution in [2.24, 2.45) is 0 Å². The molecule has 1 heterocycles. The van der Waals surface area contributed by atoms with Gasteiger partial charge in [-0.1, -0.05) is 0 Å². The Balaban J connectivity index is 2.65. The van der Waals surface area contributed by atoms with E-state index in [2.05, 4.69) is 4.74 Å². The molecule has 0 aromatic rings. The van der Waals surface area contributed by atoms with E-state index in [9.17, 15) is 20.1 Å². The molecule has 6 nitrogen and oxygen atoms in total. The first-order valence-electron chi connectivity index (χ1n) is 4.30. The summed E-state index contributed by atoms with van der Waals surface area (Å²) in [5.74, 6) is -0.621. The van der Waals surface area contributed by atoms with E-state index < -0.39 is 36.7 Å². The number of rotatable bonds is 1. The van der Waals surface area contributed by atoms with Gasteiger partial charge in [-0.05, 0) is 6.92 Å². The summed E-state index contributed by atoms with van der Waals surface area (Å²) in [5, 5.41) is 28.0. The zero-order valence-electron chi connectivity index (χ0n) is 7.95. The van der Waals surface area contributed by atoms with Crippen LogP contribution in [0.4, 0.5) is 0 Å². The third kappa shape index (κ3) is 2.21. The monoisotopic (exact) mass is 206 g/mol. The zero-order valence-corrected chi connectivity index (χ0v) is 7.95. The third-order valence-electron chi connectivity index (χ3n) is 2.09. The van der Waals surface area contributed by atoms with Crippen molar-refractivity contribution >= 4 is 5.97 Å². The van der Waals surface area contributed by atoms with E-state index in [0.717, 1.165) is 6.92 Å². The van der Waals surface area contributed by atoms with Crippen LogP contribution in [0, 0.1) is 0 Å². The first kappa shape index (κ1) is 11.4. The van der Waals surface area contributed by atoms with Gasteiger partial charge in [0.2, 0.25) is 6.29 Å². The maximum Gasteiger partial charge on any atom is 0.305 e. The Bertz CT molecular complexity index is 218. The van der Waals surface area contributed by atoms with E-state index in [0.29, 0.717) is 0 Å². The van der Waals surface area contributed by atoms with Crippen LogP contribution >= 0.6 is 0 Å². The molecule has 1 saturated heterocycles. The molecule has 82 valence electrons. The summed E-state index contributed by atoms with van der Waals surface area (Å²) in [5.41, 5.74) is 0. The second kappa shape index (κ2) is 4.22. The molecule has 1 rings (SSSR count). The zero-order chi connectivity index (χ0) is 10.9. The lowest BCUT2D eigenvalue weighted by Gasteiger charge is -2.38. The maximum absolute atomic E-state index is 10.6. The lowest BCUT2D eigenvalue weighted by atomic mass is 10.0. The molecule has 0 spiro atoms. The van der Waals surface area contributed by atoms with Crippen LogP contribution < -0.4 is 0 Å². The fourth-order valence-corrected chi connectivity index (χ4v) is 1.27. The normalized spacial score (nSPS) is 43.4. The summed E-state index contributed by atoms with van der Waals surface area (Å²) >= 11 is 0. The smallest absolute Gasteiger partial charge is 0.305 e. The summed E-state index contributed by atoms with van der Waals surface area (Å²) in [6, 6.07) is 0. The van der Waals surface area contributed by atoms with Gasteiger partial charge in [-0.25, -0.2) is 0 Å². The molecule has 0 aromatic heterocycles. The second-order valence-corrected chi connectivity index (χ2v) is 3.29. The molecule has 1 aliphatic rings. The number of aliphatic hydroxyl groups excluding tert-OH is 3. The van der Waals surface area contributed by atoms with Crippen molar-refractivity contribution < 1.29 is 29.6 Å². The first-order chi connectivity index (χ1) is 6.43. The molecule has 3 N–H and O–H groups in total. The number of hydrogen-bond acceptors (Lipinski definition) is 6. The number of hydrogen-bond donors (Lipinski definition) is 3. The van der Waals surface area contributed by atoms with Crippen LogP contribution in [-0.4, -0.2) is 52.0 Å². The fourth-order valence-electron chi connectivity index (χ4n) is 1.27. The quantitative estimate of drug-likeness (QED) is 0.446. The average Bonchev–Trinajstić information content (AvgIpc) is 2.10. The van der Waals surface area contributed by atoms with Crippen molar-refractivity contribution in [1.82, 2.24) is 0 Å². The largest absolute Gasteiger partial charge is 0.433 e. The van der Waals surface area contributed by atoms with Crippen molar-refractivity contribution in [3.05, 3.63) is 0 Å². The molecular formula is C8H14O6. The van der Waals surface area contributed by atoms with Crippen LogP contribution in [0.2, 0.25) is 0 Å². The van der Waals surface area contributed by atoms with E-state index in [1.54, 1.807) is 0 Å². The maximum atomic E-state index is 10.6. The van der Waals surface area contributed by atoms with Gasteiger partial charge in [0.15, 0.2) is 0 Å². The Hall–Kier alpha value is -0.690. The molecule has 5 atom stereocenters. The Morgan fingerprint density at radius 1 is 1.21 bits per heavy atom. The second-order valence-electron chi connectivity index (χ2n) is 3.29. The van der Waals surface area contributed by atoms with Gasteiger partial charge in [0.25, 0.3) is 0 Å². The van der Waals surface area contributed by atoms with Crippen molar-refractivity contribution in [2.45, 2.75) is 44.6 Å². The summed E-state index contributed by atoms with van der Waals surface area (Å²) in [6.07, 6.45) is -5.90. The molecule has 1 fully saturated rings. The first-order valence-corrected chi connectivity index (χ1v) is 4.30. The minimum absolute atomic E-state index is 0.621. The number of carbonyl (C=O) groups excluding carboxylic acids is 1. The molecule has 0 amide bonds. The summed E-state index contributed by atoms with van der Waals surface area (Å²) < 4.78 is 9.60. The molecule has 0 saturated carbocycles. The van der Waals surface area contributed by atoms with Crippen LogP contribution in [0.25, 0.3) is 0 Å². The predicted molar refractivity (Wildman–Crippen MR) is 44.1 cm³/mol. The number of aliphatic hydroxyl groups is 3. The molecule has 0 radical (unpaired) electrons. The summed E-state index contributed by atoms with van der Waals surface area (Å²) in [4.78, 5) is 10.6. The van der Waals surface area contributed by atoms with Gasteiger partial charge < -0.3 is 24.8 Å². The highest BCUT2D eigenvalue weighted by Crippen LogP contribution is 2.21. The lowest BCUT2D eigenvalue weighted by molar-refractivity contribution is -0.284. The van der Waals surface area contributed by atoms with Gasteiger partial charge in [0, 0.05) is 6.92 Å². The van der Waals surface area contributed by atoms with E-state index in [1.807, 2.05) is 0 Å². The Kier molecular flexibility index (Phi) is 3.43. The number of esters is 1. The SMILES string of the molecule is CC(=O)O[C@@H]1O[C@@H](C)[C@@H](O)[C@H](O)[C@@H]1O. The molecule has 6 heteroatoms. The van der Waals surface area contributed by atoms with Crippen molar-refractivity contribution in [2.75, 3.05) is 0 Å². The van der Waals surface area contributed by atoms with E-state index >= 15 is 0 Å². The van der Waals surface area contributed by atoms with Gasteiger partial charge >= 0.3 is 5.97 Å². The highest BCUT2D eigenvalue weighted by molar-refractivity contribution is 5.66. The molecule has 14 heavy (non-hydrogen) atoms. The van der Waals surface area contributed by atoms with Crippen LogP contribution in [-0.2, 0) is 14.3 Å². The number of carbonyl (C=O) groups is 1. The van der Waals surface area contributed by atoms with E-state index in [4.69, 9.17) is 4.74 Å². The lowest BCUT2D eigenvalue weighted by Crippen LogP contribution is -2.57. The standard InChI is InChI=1S/C8H14O6/c1-3-5(10)6(11)7(12)8(13-3)14-4(2)9/h3,5-8,10-12H,1-2H3/t3-,5+,6-,7-,8-/m0/s1. The van der Waals surface area contributed by atoms with E-state index in [-0.39, 0.29) is 0 Å². The minimum atomic E-state index is -1.43. The number of ether oxygens (including phenoxy) is 2. The average molecular weight is 206 g/mol. The Labute approximate surface area is 81.1 Å². The van der Waals surface area contributed by atoms with Crippen LogP contribution in [0.15, 0.2) is 0 Å². The van der Waals surface area contributed by atoms with Crippen LogP contribution in [0.3, 0.4) is 0 Å². The highest BCUT2D eigenvalue weighted by Gasteiger charge is 2.43. The predicted octanol–water partition coefficient (Wildman–Crippen LogP) is -1.62. The Morgan fingerprint density at radius 3 is 2.29 bits per heavy atom. The van der Waals surface area contributed by atoms with Crippen LogP contribution in [0.5, 0.6) is 0 Å². The van der Waals surface area contributed by atoms with Gasteiger partial charge in [0.1, 0.15) is 18.3 Å². The molecule has 0 unspecified atom stereocenters. The van der Waals surface area contributed by atoms with Crippen molar-refractivity contribution in [3.8, 4) is 0 Å². The molecule has 0 aliphatic carbocycles. The van der Waals surface area contributed by atoms with Crippen molar-refractivity contribution in [3.63, 3.8) is 0 Å². The third-order valence-corrected chi connectivity index (χ3v) is 2.09. The van der Waals surface area contributed by atoms with Crippen molar-refractivity contribution in [1.29, 1.82) is 0 Å². The molecule has 0 aromatic carbocycles. The van der Waals surface area contributed by atoms with Gasteiger partial charge in [-0.3, -0.25) is 4.79 Å². The Morgan fingerprint density at radius 2 is 1.79 bits per heavy atom. The van der Waals surface area contributed by atoms with Gasteiger partial charge in [-0.15, -0.1) is 0 Å². The minimum Gasteiger partial charge on any atom is -0.433 e. The van der Waals surface area contributed by atoms with Gasteiger partial charge in [0.05, 0.1) is 6.10 Å². The summed E-state index contributed by atoms with van der Waals surface area (Å²) in [7, 11) is 0. The fraction of sp³-hybridized carbons (Fsp3) is 0.875. The van der Waals surface area contributed by atoms with E-state index in [1.165, 1.54) is 6.92 Å². The van der Waals surface area contributed by atoms with Crippen LogP contribution in [0.1, 0.15) is 13.8 Å². The summed E-state index contributed by atoms with van der Waals surface area (Å²) in [6.45, 7) is 2.68. The molecule has 0 bridgehead atoms. The molecule has 1 aliphatic heterocycles. The molecular weight excluding hydrogens is 192 g/mol. The topological polar surface area (TPSA) is 96.2 Å².